The second kappa shape index (κ2) is 5.98. The standard InChI is InChI=1S/C13H21FN2O2S/c1-10(2)8-13(3,9-15)16-19(17,18)12-7-5-4-6-11(12)14/h4-7,10,16H,8-9,15H2,1-3H3. The third-order valence-corrected chi connectivity index (χ3v) is 4.49. The summed E-state index contributed by atoms with van der Waals surface area (Å²) in [5, 5.41) is 0. The molecule has 1 rings (SSSR count). The number of nitrogens with one attached hydrogen (secondary N) is 1. The zero-order chi connectivity index (χ0) is 14.7. The van der Waals surface area contributed by atoms with Crippen molar-refractivity contribution in [2.24, 2.45) is 11.7 Å². The van der Waals surface area contributed by atoms with Gasteiger partial charge in [0.2, 0.25) is 10.0 Å². The van der Waals surface area contributed by atoms with Crippen LogP contribution in [-0.2, 0) is 10.0 Å². The van der Waals surface area contributed by atoms with Gasteiger partial charge in [-0.2, -0.15) is 0 Å². The lowest BCUT2D eigenvalue weighted by molar-refractivity contribution is 0.344. The lowest BCUT2D eigenvalue weighted by atomic mass is 9.92. The molecule has 0 radical (unpaired) electrons. The molecule has 108 valence electrons. The van der Waals surface area contributed by atoms with Crippen LogP contribution < -0.4 is 10.5 Å². The normalized spacial score (nSPS) is 15.5. The molecule has 0 heterocycles. The van der Waals surface area contributed by atoms with Crippen molar-refractivity contribution in [1.29, 1.82) is 0 Å². The van der Waals surface area contributed by atoms with Crippen LogP contribution in [0.3, 0.4) is 0 Å². The second-order valence-corrected chi connectivity index (χ2v) is 7.05. The van der Waals surface area contributed by atoms with Crippen molar-refractivity contribution in [2.45, 2.75) is 37.6 Å². The zero-order valence-corrected chi connectivity index (χ0v) is 12.3. The molecule has 3 N–H and O–H groups in total. The Kier molecular flexibility index (Phi) is 5.06. The van der Waals surface area contributed by atoms with Crippen LogP contribution in [0.15, 0.2) is 29.2 Å². The smallest absolute Gasteiger partial charge is 0.244 e. The van der Waals surface area contributed by atoms with Gasteiger partial charge in [-0.25, -0.2) is 17.5 Å². The number of rotatable bonds is 6. The molecule has 0 saturated carbocycles. The van der Waals surface area contributed by atoms with Crippen LogP contribution in [0.2, 0.25) is 0 Å². The molecular weight excluding hydrogens is 267 g/mol. The summed E-state index contributed by atoms with van der Waals surface area (Å²) >= 11 is 0. The third kappa shape index (κ3) is 4.26. The van der Waals surface area contributed by atoms with Crippen molar-refractivity contribution in [3.05, 3.63) is 30.1 Å². The van der Waals surface area contributed by atoms with E-state index in [0.717, 1.165) is 6.07 Å². The molecule has 1 aromatic carbocycles. The highest BCUT2D eigenvalue weighted by Gasteiger charge is 2.31. The fraction of sp³-hybridized carbons (Fsp3) is 0.538. The van der Waals surface area contributed by atoms with Gasteiger partial charge in [0.05, 0.1) is 0 Å². The van der Waals surface area contributed by atoms with Crippen LogP contribution >= 0.6 is 0 Å². The van der Waals surface area contributed by atoms with Crippen LogP contribution in [-0.4, -0.2) is 20.5 Å². The van der Waals surface area contributed by atoms with Gasteiger partial charge in [0, 0.05) is 12.1 Å². The van der Waals surface area contributed by atoms with E-state index < -0.39 is 21.4 Å². The summed E-state index contributed by atoms with van der Waals surface area (Å²) in [6.45, 7) is 5.83. The summed E-state index contributed by atoms with van der Waals surface area (Å²) in [6.07, 6.45) is 0.581. The van der Waals surface area contributed by atoms with Gasteiger partial charge in [-0.3, -0.25) is 0 Å². The van der Waals surface area contributed by atoms with Crippen molar-refractivity contribution >= 4 is 10.0 Å². The maximum atomic E-state index is 13.6. The highest BCUT2D eigenvalue weighted by Crippen LogP contribution is 2.20. The van der Waals surface area contributed by atoms with Crippen LogP contribution in [0, 0.1) is 11.7 Å². The molecule has 0 bridgehead atoms. The van der Waals surface area contributed by atoms with E-state index in [2.05, 4.69) is 4.72 Å². The van der Waals surface area contributed by atoms with E-state index in [1.165, 1.54) is 18.2 Å². The molecule has 0 aliphatic heterocycles. The number of hydrogen-bond donors (Lipinski definition) is 2. The average Bonchev–Trinajstić information content (AvgIpc) is 2.27. The molecule has 1 aromatic rings. The predicted molar refractivity (Wildman–Crippen MR) is 73.6 cm³/mol. The van der Waals surface area contributed by atoms with E-state index >= 15 is 0 Å². The molecule has 1 atom stereocenters. The third-order valence-electron chi connectivity index (χ3n) is 2.82. The molecule has 1 unspecified atom stereocenters. The average molecular weight is 288 g/mol. The van der Waals surface area contributed by atoms with E-state index in [0.29, 0.717) is 6.42 Å². The molecule has 0 aromatic heterocycles. The summed E-state index contributed by atoms with van der Waals surface area (Å²) in [6, 6.07) is 5.30. The topological polar surface area (TPSA) is 72.2 Å². The van der Waals surface area contributed by atoms with Crippen LogP contribution in [0.4, 0.5) is 4.39 Å². The van der Waals surface area contributed by atoms with E-state index in [1.807, 2.05) is 13.8 Å². The molecule has 0 amide bonds. The van der Waals surface area contributed by atoms with Crippen molar-refractivity contribution in [3.63, 3.8) is 0 Å². The zero-order valence-electron chi connectivity index (χ0n) is 11.5. The number of sulfonamides is 1. The second-order valence-electron chi connectivity index (χ2n) is 5.40. The highest BCUT2D eigenvalue weighted by molar-refractivity contribution is 7.89. The fourth-order valence-corrected chi connectivity index (χ4v) is 3.62. The fourth-order valence-electron chi connectivity index (χ4n) is 2.11. The van der Waals surface area contributed by atoms with Gasteiger partial charge in [-0.05, 0) is 31.4 Å². The lowest BCUT2D eigenvalue weighted by Crippen LogP contribution is -2.52. The van der Waals surface area contributed by atoms with E-state index in [9.17, 15) is 12.8 Å². The molecule has 0 aliphatic rings. The van der Waals surface area contributed by atoms with Gasteiger partial charge in [-0.1, -0.05) is 26.0 Å². The first kappa shape index (κ1) is 16.1. The molecule has 0 aliphatic carbocycles. The Morgan fingerprint density at radius 3 is 2.42 bits per heavy atom. The van der Waals surface area contributed by atoms with Crippen molar-refractivity contribution in [3.8, 4) is 0 Å². The largest absolute Gasteiger partial charge is 0.329 e. The molecule has 0 fully saturated rings. The first-order valence-electron chi connectivity index (χ1n) is 6.19. The Hall–Kier alpha value is -0.980. The number of nitrogens with two attached hydrogens (primary N) is 1. The van der Waals surface area contributed by atoms with Gasteiger partial charge in [-0.15, -0.1) is 0 Å². The quantitative estimate of drug-likeness (QED) is 0.839. The van der Waals surface area contributed by atoms with Gasteiger partial charge < -0.3 is 5.73 Å². The van der Waals surface area contributed by atoms with Crippen molar-refractivity contribution in [1.82, 2.24) is 4.72 Å². The molecule has 4 nitrogen and oxygen atoms in total. The number of halogens is 1. The lowest BCUT2D eigenvalue weighted by Gasteiger charge is -2.30. The van der Waals surface area contributed by atoms with Crippen molar-refractivity contribution < 1.29 is 12.8 Å². The van der Waals surface area contributed by atoms with E-state index in [4.69, 9.17) is 5.73 Å². The van der Waals surface area contributed by atoms with Crippen LogP contribution in [0.25, 0.3) is 0 Å². The monoisotopic (exact) mass is 288 g/mol. The first-order chi connectivity index (χ1) is 8.70. The first-order valence-corrected chi connectivity index (χ1v) is 7.67. The van der Waals surface area contributed by atoms with Crippen LogP contribution in [0.1, 0.15) is 27.2 Å². The van der Waals surface area contributed by atoms with Gasteiger partial charge in [0.15, 0.2) is 0 Å². The summed E-state index contributed by atoms with van der Waals surface area (Å²) in [5.41, 5.74) is 4.88. The summed E-state index contributed by atoms with van der Waals surface area (Å²) in [4.78, 5) is -0.349. The van der Waals surface area contributed by atoms with E-state index in [1.54, 1.807) is 6.92 Å². The maximum absolute atomic E-state index is 13.6. The molecule has 0 saturated heterocycles. The number of benzene rings is 1. The van der Waals surface area contributed by atoms with Gasteiger partial charge in [0.1, 0.15) is 10.7 Å². The minimum atomic E-state index is -3.91. The van der Waals surface area contributed by atoms with Crippen molar-refractivity contribution in [2.75, 3.05) is 6.54 Å². The summed E-state index contributed by atoms with van der Waals surface area (Å²) in [7, 11) is -3.91. The summed E-state index contributed by atoms with van der Waals surface area (Å²) < 4.78 is 40.5. The van der Waals surface area contributed by atoms with E-state index in [-0.39, 0.29) is 17.4 Å². The van der Waals surface area contributed by atoms with Gasteiger partial charge in [0.25, 0.3) is 0 Å². The van der Waals surface area contributed by atoms with Gasteiger partial charge >= 0.3 is 0 Å². The van der Waals surface area contributed by atoms with Crippen LogP contribution in [0.5, 0.6) is 0 Å². The minimum absolute atomic E-state index is 0.152. The predicted octanol–water partition coefficient (Wildman–Crippen LogP) is 1.87. The molecule has 19 heavy (non-hydrogen) atoms. The highest BCUT2D eigenvalue weighted by atomic mass is 32.2. The molecule has 0 spiro atoms. The summed E-state index contributed by atoms with van der Waals surface area (Å²) in [5.74, 6) is -0.490. The Labute approximate surface area is 114 Å². The Bertz CT molecular complexity index is 531. The Morgan fingerprint density at radius 1 is 1.37 bits per heavy atom. The SMILES string of the molecule is CC(C)CC(C)(CN)NS(=O)(=O)c1ccccc1F. The maximum Gasteiger partial charge on any atom is 0.244 e. The minimum Gasteiger partial charge on any atom is -0.329 e. The molecular formula is C13H21FN2O2S. The number of hydrogen-bond acceptors (Lipinski definition) is 3. The molecule has 6 heteroatoms. The Morgan fingerprint density at radius 2 is 1.95 bits per heavy atom. The Balaban J connectivity index is 3.06.